The number of aryl methyl sites for hydroxylation is 1. The molecule has 3 aromatic rings. The molecule has 4 rings (SSSR count). The first-order valence-electron chi connectivity index (χ1n) is 13.1. The van der Waals surface area contributed by atoms with Crippen LogP contribution in [0.2, 0.25) is 0 Å². The van der Waals surface area contributed by atoms with Gasteiger partial charge in [-0.25, -0.2) is 9.78 Å². The summed E-state index contributed by atoms with van der Waals surface area (Å²) in [5.74, 6) is 0.425. The standard InChI is InChI=1S/C30H36N2O6/c1-19(2)18-37-30(35)32-16-25(20(3)29(33)34)26(17-32)23-11-8-12-24(15-23)36-14-13-27-21(4)38-28(31-27)22-9-6-5-7-10-22/h5-12,15,19-20,25-26H,13-14,16-18H2,1-4H3,(H,33,34)/t20?,25-,26+/m0/s1. The zero-order valence-electron chi connectivity index (χ0n) is 22.4. The van der Waals surface area contributed by atoms with E-state index in [2.05, 4.69) is 4.98 Å². The normalized spacial score (nSPS) is 18.0. The van der Waals surface area contributed by atoms with Crippen LogP contribution in [0.5, 0.6) is 5.75 Å². The molecule has 1 fully saturated rings. The Morgan fingerprint density at radius 2 is 1.87 bits per heavy atom. The van der Waals surface area contributed by atoms with E-state index in [1.54, 1.807) is 11.8 Å². The smallest absolute Gasteiger partial charge is 0.409 e. The average Bonchev–Trinajstić information content (AvgIpc) is 3.52. The number of aromatic nitrogens is 1. The number of carboxylic acid groups (broad SMARTS) is 1. The monoisotopic (exact) mass is 520 g/mol. The first-order valence-corrected chi connectivity index (χ1v) is 13.1. The number of oxazole rings is 1. The van der Waals surface area contributed by atoms with Gasteiger partial charge in [0.25, 0.3) is 0 Å². The third kappa shape index (κ3) is 6.54. The second-order valence-corrected chi connectivity index (χ2v) is 10.3. The molecule has 1 saturated heterocycles. The predicted molar refractivity (Wildman–Crippen MR) is 143 cm³/mol. The van der Waals surface area contributed by atoms with Gasteiger partial charge in [0.2, 0.25) is 5.89 Å². The molecular formula is C30H36N2O6. The van der Waals surface area contributed by atoms with Crippen molar-refractivity contribution in [1.29, 1.82) is 0 Å². The summed E-state index contributed by atoms with van der Waals surface area (Å²) >= 11 is 0. The van der Waals surface area contributed by atoms with Crippen LogP contribution in [-0.2, 0) is 16.0 Å². The molecule has 1 amide bonds. The van der Waals surface area contributed by atoms with Gasteiger partial charge in [-0.1, -0.05) is 51.1 Å². The Balaban J connectivity index is 1.42. The largest absolute Gasteiger partial charge is 0.493 e. The van der Waals surface area contributed by atoms with Crippen LogP contribution in [0, 0.1) is 24.7 Å². The molecule has 0 bridgehead atoms. The Kier molecular flexibility index (Phi) is 8.71. The van der Waals surface area contributed by atoms with E-state index in [1.165, 1.54) is 0 Å². The van der Waals surface area contributed by atoms with Gasteiger partial charge in [-0.2, -0.15) is 0 Å². The van der Waals surface area contributed by atoms with Crippen LogP contribution in [0.15, 0.2) is 59.0 Å². The lowest BCUT2D eigenvalue weighted by Gasteiger charge is -2.22. The van der Waals surface area contributed by atoms with E-state index in [0.717, 1.165) is 22.6 Å². The zero-order valence-corrected chi connectivity index (χ0v) is 22.4. The number of amides is 1. The molecule has 38 heavy (non-hydrogen) atoms. The molecule has 1 aliphatic rings. The summed E-state index contributed by atoms with van der Waals surface area (Å²) in [4.78, 5) is 30.8. The van der Waals surface area contributed by atoms with E-state index in [1.807, 2.05) is 75.4 Å². The van der Waals surface area contributed by atoms with Crippen molar-refractivity contribution < 1.29 is 28.6 Å². The number of carbonyl (C=O) groups excluding carboxylic acids is 1. The molecule has 0 saturated carbocycles. The van der Waals surface area contributed by atoms with Crippen LogP contribution < -0.4 is 4.74 Å². The third-order valence-corrected chi connectivity index (χ3v) is 7.00. The van der Waals surface area contributed by atoms with Gasteiger partial charge in [0.05, 0.1) is 24.8 Å². The summed E-state index contributed by atoms with van der Waals surface area (Å²) in [6.07, 6.45) is 0.193. The lowest BCUT2D eigenvalue weighted by atomic mass is 9.81. The molecule has 0 aliphatic carbocycles. The molecule has 0 spiro atoms. The van der Waals surface area contributed by atoms with Gasteiger partial charge in [-0.15, -0.1) is 0 Å². The maximum Gasteiger partial charge on any atom is 0.409 e. The summed E-state index contributed by atoms with van der Waals surface area (Å²) in [6.45, 7) is 9.06. The van der Waals surface area contributed by atoms with E-state index in [0.29, 0.717) is 44.4 Å². The molecule has 2 aromatic carbocycles. The SMILES string of the molecule is Cc1oc(-c2ccccc2)nc1CCOc1cccc([C@H]2CN(C(=O)OCC(C)C)C[C@H]2C(C)C(=O)O)c1. The van der Waals surface area contributed by atoms with Crippen LogP contribution >= 0.6 is 0 Å². The van der Waals surface area contributed by atoms with Crippen molar-refractivity contribution in [3.8, 4) is 17.2 Å². The summed E-state index contributed by atoms with van der Waals surface area (Å²) < 4.78 is 17.3. The maximum absolute atomic E-state index is 12.6. The van der Waals surface area contributed by atoms with Crippen molar-refractivity contribution in [1.82, 2.24) is 9.88 Å². The number of carbonyl (C=O) groups is 2. The second-order valence-electron chi connectivity index (χ2n) is 10.3. The van der Waals surface area contributed by atoms with Gasteiger partial charge in [-0.3, -0.25) is 4.79 Å². The molecule has 2 heterocycles. The number of hydrogen-bond donors (Lipinski definition) is 1. The highest BCUT2D eigenvalue weighted by Crippen LogP contribution is 2.39. The Morgan fingerprint density at radius 1 is 1.11 bits per heavy atom. The average molecular weight is 521 g/mol. The molecule has 1 unspecified atom stereocenters. The van der Waals surface area contributed by atoms with Gasteiger partial charge in [-0.05, 0) is 48.6 Å². The van der Waals surface area contributed by atoms with E-state index in [9.17, 15) is 14.7 Å². The zero-order chi connectivity index (χ0) is 27.2. The van der Waals surface area contributed by atoms with Gasteiger partial charge in [0, 0.05) is 31.0 Å². The fourth-order valence-corrected chi connectivity index (χ4v) is 4.81. The summed E-state index contributed by atoms with van der Waals surface area (Å²) in [5, 5.41) is 9.71. The second kappa shape index (κ2) is 12.2. The summed E-state index contributed by atoms with van der Waals surface area (Å²) in [5.41, 5.74) is 2.73. The van der Waals surface area contributed by atoms with Crippen molar-refractivity contribution in [2.45, 2.75) is 40.0 Å². The Morgan fingerprint density at radius 3 is 2.58 bits per heavy atom. The fourth-order valence-electron chi connectivity index (χ4n) is 4.81. The van der Waals surface area contributed by atoms with Crippen molar-refractivity contribution in [2.75, 3.05) is 26.3 Å². The Bertz CT molecular complexity index is 1240. The number of likely N-dealkylation sites (tertiary alicyclic amines) is 1. The number of ether oxygens (including phenoxy) is 2. The topological polar surface area (TPSA) is 102 Å². The minimum atomic E-state index is -0.873. The minimum absolute atomic E-state index is 0.137. The number of nitrogens with zero attached hydrogens (tertiary/aromatic N) is 2. The highest BCUT2D eigenvalue weighted by Gasteiger charge is 2.42. The lowest BCUT2D eigenvalue weighted by Crippen LogP contribution is -2.32. The van der Waals surface area contributed by atoms with E-state index >= 15 is 0 Å². The Hall–Kier alpha value is -3.81. The van der Waals surface area contributed by atoms with Crippen LogP contribution in [0.4, 0.5) is 4.79 Å². The molecule has 8 heteroatoms. The summed E-state index contributed by atoms with van der Waals surface area (Å²) in [7, 11) is 0. The molecule has 1 N–H and O–H groups in total. The number of rotatable bonds is 10. The fraction of sp³-hybridized carbons (Fsp3) is 0.433. The van der Waals surface area contributed by atoms with Crippen molar-refractivity contribution >= 4 is 12.1 Å². The number of aliphatic carboxylic acids is 1. The lowest BCUT2D eigenvalue weighted by molar-refractivity contribution is -0.143. The molecule has 0 radical (unpaired) electrons. The Labute approximate surface area is 223 Å². The maximum atomic E-state index is 12.6. The van der Waals surface area contributed by atoms with E-state index < -0.39 is 18.0 Å². The molecule has 8 nitrogen and oxygen atoms in total. The van der Waals surface area contributed by atoms with Crippen LogP contribution in [0.25, 0.3) is 11.5 Å². The van der Waals surface area contributed by atoms with E-state index in [-0.39, 0.29) is 17.8 Å². The molecule has 202 valence electrons. The van der Waals surface area contributed by atoms with Crippen molar-refractivity contribution in [3.63, 3.8) is 0 Å². The van der Waals surface area contributed by atoms with E-state index in [4.69, 9.17) is 13.9 Å². The highest BCUT2D eigenvalue weighted by molar-refractivity contribution is 5.72. The van der Waals surface area contributed by atoms with Crippen LogP contribution in [-0.4, -0.2) is 53.4 Å². The summed E-state index contributed by atoms with van der Waals surface area (Å²) in [6, 6.07) is 17.5. The molecule has 3 atom stereocenters. The van der Waals surface area contributed by atoms with Gasteiger partial charge in [0.1, 0.15) is 11.5 Å². The number of carboxylic acids is 1. The quantitative estimate of drug-likeness (QED) is 0.360. The highest BCUT2D eigenvalue weighted by atomic mass is 16.6. The number of hydrogen-bond acceptors (Lipinski definition) is 6. The third-order valence-electron chi connectivity index (χ3n) is 7.00. The van der Waals surface area contributed by atoms with Crippen LogP contribution in [0.3, 0.4) is 0 Å². The minimum Gasteiger partial charge on any atom is -0.493 e. The van der Waals surface area contributed by atoms with Crippen LogP contribution in [0.1, 0.15) is 43.7 Å². The molecule has 1 aromatic heterocycles. The van der Waals surface area contributed by atoms with Gasteiger partial charge < -0.3 is 23.9 Å². The van der Waals surface area contributed by atoms with Gasteiger partial charge in [0.15, 0.2) is 0 Å². The number of benzene rings is 2. The first kappa shape index (κ1) is 27.2. The van der Waals surface area contributed by atoms with Crippen molar-refractivity contribution in [3.05, 3.63) is 71.6 Å². The van der Waals surface area contributed by atoms with Crippen molar-refractivity contribution in [2.24, 2.45) is 17.8 Å². The van der Waals surface area contributed by atoms with Gasteiger partial charge >= 0.3 is 12.1 Å². The predicted octanol–water partition coefficient (Wildman–Crippen LogP) is 5.80. The molecule has 1 aliphatic heterocycles. The molecular weight excluding hydrogens is 484 g/mol. The first-order chi connectivity index (χ1) is 18.2.